The quantitative estimate of drug-likeness (QED) is 0.446. The molecule has 1 amide bonds. The van der Waals surface area contributed by atoms with Crippen LogP contribution in [0.3, 0.4) is 0 Å². The lowest BCUT2D eigenvalue weighted by molar-refractivity contribution is 0.0963. The molecule has 1 aromatic heterocycles. The monoisotopic (exact) mass is 390 g/mol. The number of aliphatic imine (C=N–C) groups is 1. The topological polar surface area (TPSA) is 85.4 Å². The first kappa shape index (κ1) is 20.1. The third-order valence-electron chi connectivity index (χ3n) is 4.57. The molecule has 0 unspecified atom stereocenters. The van der Waals surface area contributed by atoms with Gasteiger partial charge in [0.15, 0.2) is 5.96 Å². The first-order valence-electron chi connectivity index (χ1n) is 9.43. The molecule has 0 radical (unpaired) electrons. The summed E-state index contributed by atoms with van der Waals surface area (Å²) < 4.78 is 0. The smallest absolute Gasteiger partial charge is 0.251 e. The van der Waals surface area contributed by atoms with Gasteiger partial charge in [0.1, 0.15) is 5.82 Å². The van der Waals surface area contributed by atoms with Crippen LogP contribution in [0.5, 0.6) is 0 Å². The molecule has 2 aromatic carbocycles. The van der Waals surface area contributed by atoms with E-state index in [1.54, 1.807) is 14.1 Å². The zero-order chi connectivity index (χ0) is 20.6. The molecule has 3 N–H and O–H groups in total. The van der Waals surface area contributed by atoms with Gasteiger partial charge >= 0.3 is 0 Å². The number of imidazole rings is 1. The number of amides is 1. The second-order valence-electron chi connectivity index (χ2n) is 6.64. The second kappa shape index (κ2) is 9.54. The first-order chi connectivity index (χ1) is 14.1. The average Bonchev–Trinajstić information content (AvgIpc) is 3.23. The molecule has 0 fully saturated rings. The Bertz CT molecular complexity index is 962. The molecule has 0 aliphatic carbocycles. The molecular weight excluding hydrogens is 364 g/mol. The van der Waals surface area contributed by atoms with Crippen molar-refractivity contribution in [1.29, 1.82) is 0 Å². The number of H-pyrrole nitrogens is 1. The van der Waals surface area contributed by atoms with Crippen LogP contribution in [0.4, 0.5) is 0 Å². The lowest BCUT2D eigenvalue weighted by Gasteiger charge is -2.21. The number of carbonyl (C=O) groups is 1. The molecule has 0 spiro atoms. The fraction of sp³-hybridized carbons (Fsp3) is 0.227. The fourth-order valence-corrected chi connectivity index (χ4v) is 2.99. The van der Waals surface area contributed by atoms with Crippen LogP contribution in [0.15, 0.2) is 65.8 Å². The molecule has 150 valence electrons. The van der Waals surface area contributed by atoms with E-state index in [0.717, 1.165) is 28.6 Å². The predicted octanol–water partition coefficient (Wildman–Crippen LogP) is 2.64. The normalized spacial score (nSPS) is 11.2. The van der Waals surface area contributed by atoms with Gasteiger partial charge in [-0.3, -0.25) is 9.79 Å². The van der Waals surface area contributed by atoms with Gasteiger partial charge in [0, 0.05) is 33.3 Å². The number of benzene rings is 2. The minimum atomic E-state index is -0.0895. The lowest BCUT2D eigenvalue weighted by atomic mass is 10.1. The Labute approximate surface area is 170 Å². The second-order valence-corrected chi connectivity index (χ2v) is 6.64. The molecule has 0 aliphatic rings. The fourth-order valence-electron chi connectivity index (χ4n) is 2.99. The van der Waals surface area contributed by atoms with E-state index in [2.05, 4.69) is 37.7 Å². The van der Waals surface area contributed by atoms with Crippen molar-refractivity contribution in [2.75, 3.05) is 21.1 Å². The molecule has 0 saturated carbocycles. The first-order valence-corrected chi connectivity index (χ1v) is 9.43. The van der Waals surface area contributed by atoms with E-state index in [0.29, 0.717) is 18.7 Å². The molecular formula is C22H26N6O. The van der Waals surface area contributed by atoms with E-state index in [1.165, 1.54) is 0 Å². The maximum Gasteiger partial charge on any atom is 0.251 e. The molecule has 7 heteroatoms. The highest BCUT2D eigenvalue weighted by atomic mass is 16.1. The summed E-state index contributed by atoms with van der Waals surface area (Å²) in [6.07, 6.45) is 1.85. The molecule has 3 rings (SSSR count). The number of nitrogens with one attached hydrogen (secondary N) is 3. The van der Waals surface area contributed by atoms with Crippen molar-refractivity contribution in [3.05, 3.63) is 77.7 Å². The zero-order valence-electron chi connectivity index (χ0n) is 16.9. The molecule has 0 aliphatic heterocycles. The highest BCUT2D eigenvalue weighted by Gasteiger charge is 2.10. The van der Waals surface area contributed by atoms with E-state index in [1.807, 2.05) is 60.6 Å². The zero-order valence-corrected chi connectivity index (χ0v) is 16.9. The number of hydrogen-bond acceptors (Lipinski definition) is 3. The van der Waals surface area contributed by atoms with Gasteiger partial charge in [-0.2, -0.15) is 0 Å². The number of carbonyl (C=O) groups excluding carboxylic acids is 1. The summed E-state index contributed by atoms with van der Waals surface area (Å²) in [5.74, 6) is 1.54. The Kier molecular flexibility index (Phi) is 6.63. The van der Waals surface area contributed by atoms with Crippen LogP contribution < -0.4 is 10.6 Å². The van der Waals surface area contributed by atoms with Crippen molar-refractivity contribution >= 4 is 11.9 Å². The van der Waals surface area contributed by atoms with E-state index in [9.17, 15) is 4.79 Å². The number of guanidine groups is 1. The van der Waals surface area contributed by atoms with Crippen molar-refractivity contribution in [3.8, 4) is 11.3 Å². The third kappa shape index (κ3) is 5.22. The van der Waals surface area contributed by atoms with Gasteiger partial charge in [0.2, 0.25) is 0 Å². The Morgan fingerprint density at radius 3 is 2.52 bits per heavy atom. The molecule has 1 heterocycles. The van der Waals surface area contributed by atoms with E-state index < -0.39 is 0 Å². The summed E-state index contributed by atoms with van der Waals surface area (Å²) in [4.78, 5) is 25.8. The maximum absolute atomic E-state index is 11.6. The van der Waals surface area contributed by atoms with Gasteiger partial charge in [0.05, 0.1) is 18.4 Å². The lowest BCUT2D eigenvalue weighted by Crippen LogP contribution is -2.38. The molecule has 3 aromatic rings. The minimum Gasteiger partial charge on any atom is -0.355 e. The molecule has 0 saturated heterocycles. The average molecular weight is 390 g/mol. The van der Waals surface area contributed by atoms with E-state index >= 15 is 0 Å². The maximum atomic E-state index is 11.6. The number of aromatic amines is 1. The van der Waals surface area contributed by atoms with Gasteiger partial charge in [-0.05, 0) is 23.3 Å². The summed E-state index contributed by atoms with van der Waals surface area (Å²) in [7, 11) is 5.35. The van der Waals surface area contributed by atoms with E-state index in [4.69, 9.17) is 0 Å². The summed E-state index contributed by atoms with van der Waals surface area (Å²) in [5, 5.41) is 5.96. The SMILES string of the molecule is CN=C(NCc1ccc(C(=O)NC)cc1)N(C)Cc1ncc(-c2ccccc2)[nH]1. The Balaban J connectivity index is 1.57. The molecule has 7 nitrogen and oxygen atoms in total. The molecule has 0 atom stereocenters. The van der Waals surface area contributed by atoms with Gasteiger partial charge in [0.25, 0.3) is 5.91 Å². The third-order valence-corrected chi connectivity index (χ3v) is 4.57. The van der Waals surface area contributed by atoms with E-state index in [-0.39, 0.29) is 5.91 Å². The summed E-state index contributed by atoms with van der Waals surface area (Å²) in [5.41, 5.74) is 3.81. The van der Waals surface area contributed by atoms with Crippen LogP contribution in [-0.2, 0) is 13.1 Å². The predicted molar refractivity (Wildman–Crippen MR) is 116 cm³/mol. The van der Waals surface area contributed by atoms with Gasteiger partial charge in [-0.1, -0.05) is 42.5 Å². The summed E-state index contributed by atoms with van der Waals surface area (Å²) >= 11 is 0. The largest absolute Gasteiger partial charge is 0.355 e. The number of rotatable bonds is 6. The van der Waals surface area contributed by atoms with Crippen LogP contribution in [0.1, 0.15) is 21.7 Å². The number of nitrogens with zero attached hydrogens (tertiary/aromatic N) is 3. The highest BCUT2D eigenvalue weighted by molar-refractivity contribution is 5.93. The molecule has 0 bridgehead atoms. The van der Waals surface area contributed by atoms with Crippen LogP contribution in [-0.4, -0.2) is 47.9 Å². The van der Waals surface area contributed by atoms with Crippen molar-refractivity contribution in [3.63, 3.8) is 0 Å². The van der Waals surface area contributed by atoms with Crippen molar-refractivity contribution in [2.45, 2.75) is 13.1 Å². The minimum absolute atomic E-state index is 0.0895. The van der Waals surface area contributed by atoms with Gasteiger partial charge < -0.3 is 20.5 Å². The van der Waals surface area contributed by atoms with Crippen molar-refractivity contribution < 1.29 is 4.79 Å². The van der Waals surface area contributed by atoms with Gasteiger partial charge in [-0.15, -0.1) is 0 Å². The van der Waals surface area contributed by atoms with Crippen LogP contribution >= 0.6 is 0 Å². The Morgan fingerprint density at radius 1 is 1.14 bits per heavy atom. The van der Waals surface area contributed by atoms with Gasteiger partial charge in [-0.25, -0.2) is 4.98 Å². The highest BCUT2D eigenvalue weighted by Crippen LogP contribution is 2.16. The van der Waals surface area contributed by atoms with Crippen LogP contribution in [0, 0.1) is 0 Å². The van der Waals surface area contributed by atoms with Crippen molar-refractivity contribution in [1.82, 2.24) is 25.5 Å². The summed E-state index contributed by atoms with van der Waals surface area (Å²) in [6.45, 7) is 1.21. The molecule has 29 heavy (non-hydrogen) atoms. The summed E-state index contributed by atoms with van der Waals surface area (Å²) in [6, 6.07) is 17.6. The van der Waals surface area contributed by atoms with Crippen LogP contribution in [0.25, 0.3) is 11.3 Å². The van der Waals surface area contributed by atoms with Crippen molar-refractivity contribution in [2.24, 2.45) is 4.99 Å². The Morgan fingerprint density at radius 2 is 1.86 bits per heavy atom. The standard InChI is InChI=1S/C22H26N6O/c1-23-21(29)18-11-9-16(10-12-18)13-26-22(24-2)28(3)15-20-25-14-19(27-20)17-7-5-4-6-8-17/h4-12,14H,13,15H2,1-3H3,(H,23,29)(H,24,26)(H,25,27). The number of hydrogen-bond donors (Lipinski definition) is 3. The van der Waals surface area contributed by atoms with Crippen LogP contribution in [0.2, 0.25) is 0 Å². The Hall–Kier alpha value is -3.61. The number of aromatic nitrogens is 2.